The van der Waals surface area contributed by atoms with E-state index in [1.54, 1.807) is 48.5 Å². The van der Waals surface area contributed by atoms with E-state index in [2.05, 4.69) is 31.2 Å². The van der Waals surface area contributed by atoms with Crippen LogP contribution in [0.15, 0.2) is 54.7 Å². The van der Waals surface area contributed by atoms with Crippen LogP contribution in [0, 0.1) is 10.1 Å². The van der Waals surface area contributed by atoms with Crippen molar-refractivity contribution in [1.82, 2.24) is 15.3 Å². The van der Waals surface area contributed by atoms with Gasteiger partial charge in [0, 0.05) is 25.3 Å². The molecule has 1 aromatic heterocycles. The van der Waals surface area contributed by atoms with E-state index >= 15 is 0 Å². The van der Waals surface area contributed by atoms with E-state index in [9.17, 15) is 19.7 Å². The van der Waals surface area contributed by atoms with Gasteiger partial charge in [0.1, 0.15) is 6.20 Å². The molecule has 0 fully saturated rings. The molecule has 0 saturated carbocycles. The van der Waals surface area contributed by atoms with E-state index in [-0.39, 0.29) is 41.7 Å². The summed E-state index contributed by atoms with van der Waals surface area (Å²) < 4.78 is 0. The number of amides is 2. The molecule has 0 atom stereocenters. The molecule has 0 unspecified atom stereocenters. The fourth-order valence-electron chi connectivity index (χ4n) is 2.68. The van der Waals surface area contributed by atoms with E-state index in [4.69, 9.17) is 0 Å². The van der Waals surface area contributed by atoms with Crippen LogP contribution in [0.25, 0.3) is 0 Å². The van der Waals surface area contributed by atoms with E-state index < -0.39 is 4.92 Å². The number of benzene rings is 2. The van der Waals surface area contributed by atoms with Gasteiger partial charge in [-0.15, -0.1) is 12.4 Å². The van der Waals surface area contributed by atoms with Gasteiger partial charge in [0.25, 0.3) is 5.91 Å². The molecule has 0 aliphatic rings. The third-order valence-electron chi connectivity index (χ3n) is 4.08. The summed E-state index contributed by atoms with van der Waals surface area (Å²) in [5.41, 5.74) is 1.55. The lowest BCUT2D eigenvalue weighted by Crippen LogP contribution is -2.19. The summed E-state index contributed by atoms with van der Waals surface area (Å²) in [5.74, 6) is -0.504. The van der Waals surface area contributed by atoms with Crippen LogP contribution in [0.2, 0.25) is 0 Å². The van der Waals surface area contributed by atoms with E-state index in [0.29, 0.717) is 22.6 Å². The molecule has 0 aliphatic carbocycles. The smallest absolute Gasteiger partial charge is 0.329 e. The molecule has 4 N–H and O–H groups in total. The normalized spacial score (nSPS) is 9.81. The minimum absolute atomic E-state index is 0. The lowest BCUT2D eigenvalue weighted by atomic mass is 10.1. The lowest BCUT2D eigenvalue weighted by molar-refractivity contribution is -0.384. The molecule has 0 bridgehead atoms. The molecule has 0 radical (unpaired) electrons. The fraction of sp³-hybridized carbons (Fsp3) is 0.100. The first-order valence-electron chi connectivity index (χ1n) is 9.11. The van der Waals surface area contributed by atoms with Gasteiger partial charge in [0.15, 0.2) is 0 Å². The van der Waals surface area contributed by atoms with Gasteiger partial charge in [0.2, 0.25) is 17.7 Å². The first kappa shape index (κ1) is 24.0. The third-order valence-corrected chi connectivity index (χ3v) is 4.08. The average molecular weight is 458 g/mol. The minimum Gasteiger partial charge on any atom is -0.355 e. The van der Waals surface area contributed by atoms with Crippen LogP contribution in [0.3, 0.4) is 0 Å². The Morgan fingerprint density at radius 2 is 1.66 bits per heavy atom. The van der Waals surface area contributed by atoms with Crippen molar-refractivity contribution >= 4 is 58.7 Å². The van der Waals surface area contributed by atoms with Crippen molar-refractivity contribution in [1.29, 1.82) is 0 Å². The van der Waals surface area contributed by atoms with Gasteiger partial charge < -0.3 is 21.3 Å². The number of para-hydroxylation sites is 1. The SMILES string of the molecule is CNC(=O)c1ccccc1Nc1nc(Nc2ccc(NC(C)=O)cc2)ncc1[N+](=O)[O-].Cl. The zero-order chi connectivity index (χ0) is 22.4. The summed E-state index contributed by atoms with van der Waals surface area (Å²) in [4.78, 5) is 42.2. The third kappa shape index (κ3) is 5.89. The quantitative estimate of drug-likeness (QED) is 0.310. The van der Waals surface area contributed by atoms with Crippen molar-refractivity contribution in [3.63, 3.8) is 0 Å². The van der Waals surface area contributed by atoms with E-state index in [1.165, 1.54) is 14.0 Å². The molecule has 1 heterocycles. The molecule has 11 nitrogen and oxygen atoms in total. The van der Waals surface area contributed by atoms with Crippen LogP contribution < -0.4 is 21.3 Å². The van der Waals surface area contributed by atoms with Gasteiger partial charge in [-0.1, -0.05) is 12.1 Å². The standard InChI is InChI=1S/C20H19N7O4.ClH/c1-12(28)23-13-7-9-14(10-8-13)24-20-22-11-17(27(30)31)18(26-20)25-16-6-4-3-5-15(16)19(29)21-2;/h3-11H,1-2H3,(H,21,29)(H,23,28)(H2,22,24,25,26);1H. The number of nitrogens with zero attached hydrogens (tertiary/aromatic N) is 3. The van der Waals surface area contributed by atoms with Crippen LogP contribution in [-0.2, 0) is 4.79 Å². The Morgan fingerprint density at radius 3 is 2.28 bits per heavy atom. The van der Waals surface area contributed by atoms with Crippen molar-refractivity contribution < 1.29 is 14.5 Å². The van der Waals surface area contributed by atoms with Gasteiger partial charge in [-0.2, -0.15) is 4.98 Å². The molecule has 0 spiro atoms. The monoisotopic (exact) mass is 457 g/mol. The van der Waals surface area contributed by atoms with Gasteiger partial charge in [0.05, 0.1) is 16.2 Å². The molecule has 12 heteroatoms. The zero-order valence-electron chi connectivity index (χ0n) is 17.1. The van der Waals surface area contributed by atoms with Crippen molar-refractivity contribution in [2.45, 2.75) is 6.92 Å². The second-order valence-corrected chi connectivity index (χ2v) is 6.32. The Hall–Kier alpha value is -4.25. The minimum atomic E-state index is -0.614. The lowest BCUT2D eigenvalue weighted by Gasteiger charge is -2.12. The summed E-state index contributed by atoms with van der Waals surface area (Å²) in [6.07, 6.45) is 1.08. The zero-order valence-corrected chi connectivity index (χ0v) is 17.9. The van der Waals surface area contributed by atoms with Gasteiger partial charge in [-0.25, -0.2) is 4.98 Å². The van der Waals surface area contributed by atoms with Gasteiger partial charge in [-0.05, 0) is 36.4 Å². The number of nitrogens with one attached hydrogen (secondary N) is 4. The highest BCUT2D eigenvalue weighted by molar-refractivity contribution is 6.00. The number of hydrogen-bond donors (Lipinski definition) is 4. The van der Waals surface area contributed by atoms with Crippen LogP contribution in [0.4, 0.5) is 34.5 Å². The molecule has 0 saturated heterocycles. The van der Waals surface area contributed by atoms with Crippen molar-refractivity contribution in [3.05, 3.63) is 70.4 Å². The van der Waals surface area contributed by atoms with Crippen molar-refractivity contribution in [2.75, 3.05) is 23.0 Å². The Morgan fingerprint density at radius 1 is 1.00 bits per heavy atom. The highest BCUT2D eigenvalue weighted by Gasteiger charge is 2.20. The van der Waals surface area contributed by atoms with E-state index in [0.717, 1.165) is 6.20 Å². The topological polar surface area (TPSA) is 151 Å². The Bertz CT molecular complexity index is 1140. The van der Waals surface area contributed by atoms with E-state index in [1.807, 2.05) is 0 Å². The van der Waals surface area contributed by atoms with Gasteiger partial charge >= 0.3 is 5.69 Å². The van der Waals surface area contributed by atoms with Gasteiger partial charge in [-0.3, -0.25) is 19.7 Å². The average Bonchev–Trinajstić information content (AvgIpc) is 2.74. The summed E-state index contributed by atoms with van der Waals surface area (Å²) >= 11 is 0. The molecular formula is C20H20ClN7O4. The highest BCUT2D eigenvalue weighted by Crippen LogP contribution is 2.28. The Balaban J connectivity index is 0.00000363. The fourth-order valence-corrected chi connectivity index (χ4v) is 2.68. The number of rotatable bonds is 7. The Labute approximate surface area is 189 Å². The maximum Gasteiger partial charge on any atom is 0.329 e. The maximum atomic E-state index is 12.1. The number of carbonyl (C=O) groups is 2. The van der Waals surface area contributed by atoms with Crippen molar-refractivity contribution in [2.24, 2.45) is 0 Å². The number of aromatic nitrogens is 2. The second-order valence-electron chi connectivity index (χ2n) is 6.32. The second kappa shape index (κ2) is 10.7. The largest absolute Gasteiger partial charge is 0.355 e. The first-order valence-corrected chi connectivity index (χ1v) is 9.11. The molecule has 2 amide bonds. The number of halogens is 1. The molecule has 3 aromatic rings. The summed E-state index contributed by atoms with van der Waals surface area (Å²) in [7, 11) is 1.49. The molecule has 0 aliphatic heterocycles. The summed E-state index contributed by atoms with van der Waals surface area (Å²) in [6, 6.07) is 13.4. The van der Waals surface area contributed by atoms with Crippen LogP contribution >= 0.6 is 12.4 Å². The predicted molar refractivity (Wildman–Crippen MR) is 123 cm³/mol. The molecule has 3 rings (SSSR count). The molecular weight excluding hydrogens is 438 g/mol. The predicted octanol–water partition coefficient (Wildman–Crippen LogP) is 3.61. The number of nitro groups is 1. The van der Waals surface area contributed by atoms with Crippen LogP contribution in [0.1, 0.15) is 17.3 Å². The molecule has 32 heavy (non-hydrogen) atoms. The summed E-state index contributed by atoms with van der Waals surface area (Å²) in [5, 5.41) is 22.4. The molecule has 2 aromatic carbocycles. The van der Waals surface area contributed by atoms with Crippen molar-refractivity contribution in [3.8, 4) is 0 Å². The number of hydrogen-bond acceptors (Lipinski definition) is 8. The first-order chi connectivity index (χ1) is 14.9. The van der Waals surface area contributed by atoms with Crippen LogP contribution in [-0.4, -0.2) is 33.8 Å². The molecule has 166 valence electrons. The van der Waals surface area contributed by atoms with Crippen LogP contribution in [0.5, 0.6) is 0 Å². The number of carbonyl (C=O) groups excluding carboxylic acids is 2. The maximum absolute atomic E-state index is 12.1. The Kier molecular flexibility index (Phi) is 8.02. The number of anilines is 5. The highest BCUT2D eigenvalue weighted by atomic mass is 35.5. The summed E-state index contributed by atoms with van der Waals surface area (Å²) in [6.45, 7) is 1.41.